The molecule has 0 atom stereocenters. The number of pyridine rings is 1. The van der Waals surface area contributed by atoms with Crippen molar-refractivity contribution in [2.45, 2.75) is 46.6 Å². The van der Waals surface area contributed by atoms with E-state index in [0.717, 1.165) is 49.6 Å². The van der Waals surface area contributed by atoms with Gasteiger partial charge in [0, 0.05) is 12.2 Å². The maximum Gasteiger partial charge on any atom is 0.153 e. The van der Waals surface area contributed by atoms with Gasteiger partial charge in [0.05, 0.1) is 16.9 Å². The van der Waals surface area contributed by atoms with Crippen LogP contribution >= 0.6 is 11.6 Å². The minimum Gasteiger partial charge on any atom is -0.313 e. The van der Waals surface area contributed by atoms with Gasteiger partial charge in [-0.05, 0) is 44.0 Å². The van der Waals surface area contributed by atoms with E-state index >= 15 is 0 Å². The topological polar surface area (TPSA) is 42.7 Å². The molecule has 0 radical (unpaired) electrons. The monoisotopic (exact) mass is 306 g/mol. The normalized spacial score (nSPS) is 11.0. The predicted octanol–water partition coefficient (Wildman–Crippen LogP) is 3.68. The van der Waals surface area contributed by atoms with E-state index in [1.54, 1.807) is 4.68 Å². The minimum atomic E-state index is 0.670. The Hall–Kier alpha value is -1.39. The zero-order valence-corrected chi connectivity index (χ0v) is 13.7. The number of hydrogen-bond acceptors (Lipinski definition) is 3. The Kier molecular flexibility index (Phi) is 5.76. The lowest BCUT2D eigenvalue weighted by molar-refractivity contribution is 0.671. The summed E-state index contributed by atoms with van der Waals surface area (Å²) in [5.74, 6) is 0.837. The lowest BCUT2D eigenvalue weighted by Gasteiger charge is -2.09. The van der Waals surface area contributed by atoms with E-state index in [9.17, 15) is 0 Å². The van der Waals surface area contributed by atoms with Crippen LogP contribution in [0.5, 0.6) is 0 Å². The molecule has 0 unspecified atom stereocenters. The van der Waals surface area contributed by atoms with Crippen LogP contribution in [0.1, 0.15) is 43.6 Å². The van der Waals surface area contributed by atoms with Crippen LogP contribution < -0.4 is 5.32 Å². The van der Waals surface area contributed by atoms with Crippen molar-refractivity contribution in [2.24, 2.45) is 0 Å². The van der Waals surface area contributed by atoms with Crippen LogP contribution in [0.4, 0.5) is 0 Å². The maximum absolute atomic E-state index is 6.10. The third kappa shape index (κ3) is 4.29. The highest BCUT2D eigenvalue weighted by molar-refractivity contribution is 6.31. The van der Waals surface area contributed by atoms with Crippen molar-refractivity contribution in [2.75, 3.05) is 6.54 Å². The van der Waals surface area contributed by atoms with Crippen LogP contribution in [0, 0.1) is 6.92 Å². The van der Waals surface area contributed by atoms with Crippen molar-refractivity contribution in [1.29, 1.82) is 0 Å². The van der Waals surface area contributed by atoms with E-state index in [1.807, 2.05) is 13.1 Å². The molecule has 2 rings (SSSR count). The summed E-state index contributed by atoms with van der Waals surface area (Å²) in [5, 5.41) is 8.52. The molecular formula is C16H23ClN4. The highest BCUT2D eigenvalue weighted by atomic mass is 35.5. The predicted molar refractivity (Wildman–Crippen MR) is 87.1 cm³/mol. The number of aryl methyl sites for hydroxylation is 2. The van der Waals surface area contributed by atoms with Crippen molar-refractivity contribution in [3.05, 3.63) is 40.3 Å². The number of nitrogens with zero attached hydrogens (tertiary/aromatic N) is 3. The number of halogens is 1. The van der Waals surface area contributed by atoms with E-state index in [1.165, 1.54) is 5.56 Å². The summed E-state index contributed by atoms with van der Waals surface area (Å²) >= 11 is 6.10. The molecule has 0 aliphatic rings. The first kappa shape index (κ1) is 16.0. The summed E-state index contributed by atoms with van der Waals surface area (Å²) < 4.78 is 1.76. The number of aromatic nitrogens is 3. The molecule has 0 amide bonds. The standard InChI is InChI=1S/C16H23ClN4/c1-4-6-14-8-13(10-18-7-5-2)9-16(19-14)21-11-15(17)12(3)20-21/h8-9,11,18H,4-7,10H2,1-3H3. The average Bonchev–Trinajstić information content (AvgIpc) is 2.79. The maximum atomic E-state index is 6.10. The summed E-state index contributed by atoms with van der Waals surface area (Å²) in [6.07, 6.45) is 5.01. The van der Waals surface area contributed by atoms with Gasteiger partial charge in [0.2, 0.25) is 0 Å². The molecule has 1 N–H and O–H groups in total. The first-order valence-electron chi connectivity index (χ1n) is 7.56. The van der Waals surface area contributed by atoms with Gasteiger partial charge in [0.15, 0.2) is 5.82 Å². The fraction of sp³-hybridized carbons (Fsp3) is 0.500. The van der Waals surface area contributed by atoms with Gasteiger partial charge in [-0.15, -0.1) is 0 Å². The zero-order valence-electron chi connectivity index (χ0n) is 13.0. The smallest absolute Gasteiger partial charge is 0.153 e. The molecule has 0 spiro atoms. The summed E-state index contributed by atoms with van der Waals surface area (Å²) in [7, 11) is 0. The molecule has 0 aromatic carbocycles. The zero-order chi connectivity index (χ0) is 15.2. The molecule has 0 saturated carbocycles. The first-order valence-corrected chi connectivity index (χ1v) is 7.94. The minimum absolute atomic E-state index is 0.670. The van der Waals surface area contributed by atoms with E-state index in [0.29, 0.717) is 5.02 Å². The van der Waals surface area contributed by atoms with E-state index in [4.69, 9.17) is 16.6 Å². The van der Waals surface area contributed by atoms with Crippen molar-refractivity contribution in [3.8, 4) is 5.82 Å². The molecule has 0 aliphatic heterocycles. The van der Waals surface area contributed by atoms with Crippen molar-refractivity contribution in [1.82, 2.24) is 20.1 Å². The van der Waals surface area contributed by atoms with Gasteiger partial charge in [-0.3, -0.25) is 0 Å². The van der Waals surface area contributed by atoms with Gasteiger partial charge in [-0.2, -0.15) is 5.10 Å². The van der Waals surface area contributed by atoms with Gasteiger partial charge < -0.3 is 5.32 Å². The first-order chi connectivity index (χ1) is 10.1. The van der Waals surface area contributed by atoms with Crippen molar-refractivity contribution >= 4 is 11.6 Å². The second-order valence-corrected chi connectivity index (χ2v) is 5.67. The summed E-state index contributed by atoms with van der Waals surface area (Å²) in [6.45, 7) is 8.11. The summed E-state index contributed by atoms with van der Waals surface area (Å²) in [4.78, 5) is 4.69. The molecule has 0 fully saturated rings. The molecule has 0 bridgehead atoms. The Labute approximate surface area is 131 Å². The van der Waals surface area contributed by atoms with Gasteiger partial charge in [0.1, 0.15) is 0 Å². The Bertz CT molecular complexity index is 572. The lowest BCUT2D eigenvalue weighted by atomic mass is 10.1. The molecule has 0 saturated heterocycles. The highest BCUT2D eigenvalue weighted by Gasteiger charge is 2.08. The second-order valence-electron chi connectivity index (χ2n) is 5.26. The summed E-state index contributed by atoms with van der Waals surface area (Å²) in [5.41, 5.74) is 3.17. The van der Waals surface area contributed by atoms with Gasteiger partial charge in [-0.25, -0.2) is 9.67 Å². The lowest BCUT2D eigenvalue weighted by Crippen LogP contribution is -2.15. The van der Waals surface area contributed by atoms with Gasteiger partial charge >= 0.3 is 0 Å². The van der Waals surface area contributed by atoms with Crippen LogP contribution in [-0.2, 0) is 13.0 Å². The molecule has 21 heavy (non-hydrogen) atoms. The van der Waals surface area contributed by atoms with Crippen molar-refractivity contribution < 1.29 is 0 Å². The average molecular weight is 307 g/mol. The highest BCUT2D eigenvalue weighted by Crippen LogP contribution is 2.17. The van der Waals surface area contributed by atoms with Gasteiger partial charge in [0.25, 0.3) is 0 Å². The fourth-order valence-corrected chi connectivity index (χ4v) is 2.33. The van der Waals surface area contributed by atoms with E-state index in [-0.39, 0.29) is 0 Å². The third-order valence-electron chi connectivity index (χ3n) is 3.26. The molecule has 4 nitrogen and oxygen atoms in total. The Morgan fingerprint density at radius 1 is 1.24 bits per heavy atom. The second kappa shape index (κ2) is 7.57. The number of hydrogen-bond donors (Lipinski definition) is 1. The van der Waals surface area contributed by atoms with Gasteiger partial charge in [-0.1, -0.05) is 31.9 Å². The van der Waals surface area contributed by atoms with Crippen LogP contribution in [0.2, 0.25) is 5.02 Å². The van der Waals surface area contributed by atoms with Crippen LogP contribution in [-0.4, -0.2) is 21.3 Å². The number of rotatable bonds is 7. The molecule has 114 valence electrons. The molecule has 2 heterocycles. The molecule has 2 aromatic heterocycles. The Morgan fingerprint density at radius 3 is 2.67 bits per heavy atom. The van der Waals surface area contributed by atoms with E-state index < -0.39 is 0 Å². The molecule has 2 aromatic rings. The Balaban J connectivity index is 2.30. The quantitative estimate of drug-likeness (QED) is 0.794. The number of nitrogens with one attached hydrogen (secondary N) is 1. The largest absolute Gasteiger partial charge is 0.313 e. The Morgan fingerprint density at radius 2 is 2.05 bits per heavy atom. The van der Waals surface area contributed by atoms with Crippen molar-refractivity contribution in [3.63, 3.8) is 0 Å². The summed E-state index contributed by atoms with van der Waals surface area (Å²) in [6, 6.07) is 4.25. The molecule has 5 heteroatoms. The van der Waals surface area contributed by atoms with Crippen LogP contribution in [0.3, 0.4) is 0 Å². The van der Waals surface area contributed by atoms with Crippen LogP contribution in [0.15, 0.2) is 18.3 Å². The fourth-order valence-electron chi connectivity index (χ4n) is 2.20. The SMILES string of the molecule is CCCNCc1cc(CCC)nc(-n2cc(Cl)c(C)n2)c1. The third-order valence-corrected chi connectivity index (χ3v) is 3.63. The molecular weight excluding hydrogens is 284 g/mol. The molecule has 0 aliphatic carbocycles. The van der Waals surface area contributed by atoms with E-state index in [2.05, 4.69) is 36.4 Å². The van der Waals surface area contributed by atoms with Crippen LogP contribution in [0.25, 0.3) is 5.82 Å².